The molecule has 0 aliphatic carbocycles. The van der Waals surface area contributed by atoms with Crippen LogP contribution in [0.25, 0.3) is 15.9 Å². The number of halogens is 1. The second-order valence-electron chi connectivity index (χ2n) is 6.85. The highest BCUT2D eigenvalue weighted by Gasteiger charge is 2.21. The van der Waals surface area contributed by atoms with Gasteiger partial charge in [0, 0.05) is 18.0 Å². The van der Waals surface area contributed by atoms with Crippen LogP contribution < -0.4 is 5.56 Å². The molecule has 4 rings (SSSR count). The zero-order chi connectivity index (χ0) is 19.8. The maximum Gasteiger partial charge on any atom is 0.267 e. The fourth-order valence-corrected chi connectivity index (χ4v) is 5.36. The average Bonchev–Trinajstić information content (AvgIpc) is 3.30. The lowest BCUT2D eigenvalue weighted by Gasteiger charge is -2.16. The van der Waals surface area contributed by atoms with Crippen LogP contribution in [-0.4, -0.2) is 39.2 Å². The summed E-state index contributed by atoms with van der Waals surface area (Å²) in [6.45, 7) is 5.46. The minimum atomic E-state index is -0.369. The van der Waals surface area contributed by atoms with Crippen LogP contribution in [-0.2, 0) is 4.79 Å². The molecule has 1 fully saturated rings. The third-order valence-electron chi connectivity index (χ3n) is 5.04. The second-order valence-corrected chi connectivity index (χ2v) is 9.00. The SMILES string of the molecule is Cc1sc2nc(SCC(=O)N3CCCC3)n(-c3ccc(F)cc3)c(=O)c2c1C. The summed E-state index contributed by atoms with van der Waals surface area (Å²) in [4.78, 5) is 34.0. The lowest BCUT2D eigenvalue weighted by atomic mass is 10.2. The third kappa shape index (κ3) is 3.46. The Kier molecular flexibility index (Phi) is 5.25. The third-order valence-corrected chi connectivity index (χ3v) is 7.06. The summed E-state index contributed by atoms with van der Waals surface area (Å²) in [7, 11) is 0. The molecule has 8 heteroatoms. The zero-order valence-corrected chi connectivity index (χ0v) is 17.3. The Bertz CT molecular complexity index is 1100. The second kappa shape index (κ2) is 7.67. The molecular formula is C20H20FN3O2S2. The van der Waals surface area contributed by atoms with Gasteiger partial charge in [0.05, 0.1) is 16.8 Å². The predicted molar refractivity (Wildman–Crippen MR) is 111 cm³/mol. The predicted octanol–water partition coefficient (Wildman–Crippen LogP) is 3.92. The Balaban J connectivity index is 1.79. The Labute approximate surface area is 170 Å². The molecular weight excluding hydrogens is 397 g/mol. The Morgan fingerprint density at radius 2 is 1.89 bits per heavy atom. The van der Waals surface area contributed by atoms with Crippen molar-refractivity contribution in [2.75, 3.05) is 18.8 Å². The van der Waals surface area contributed by atoms with Gasteiger partial charge in [0.15, 0.2) is 5.16 Å². The monoisotopic (exact) mass is 417 g/mol. The first-order valence-corrected chi connectivity index (χ1v) is 10.9. The van der Waals surface area contributed by atoms with Crippen molar-refractivity contribution in [1.82, 2.24) is 14.5 Å². The molecule has 1 aliphatic heterocycles. The van der Waals surface area contributed by atoms with Gasteiger partial charge in [0.1, 0.15) is 10.6 Å². The molecule has 3 aromatic rings. The first kappa shape index (κ1) is 19.1. The number of carbonyl (C=O) groups is 1. The molecule has 5 nitrogen and oxygen atoms in total. The number of fused-ring (bicyclic) bond motifs is 1. The molecule has 0 radical (unpaired) electrons. The van der Waals surface area contributed by atoms with Crippen molar-refractivity contribution in [2.24, 2.45) is 0 Å². The number of thiophene rings is 1. The van der Waals surface area contributed by atoms with E-state index in [0.29, 0.717) is 21.1 Å². The maximum absolute atomic E-state index is 13.4. The Morgan fingerprint density at radius 3 is 2.57 bits per heavy atom. The highest BCUT2D eigenvalue weighted by molar-refractivity contribution is 7.99. The lowest BCUT2D eigenvalue weighted by molar-refractivity contribution is -0.127. The summed E-state index contributed by atoms with van der Waals surface area (Å²) < 4.78 is 14.9. The van der Waals surface area contributed by atoms with Gasteiger partial charge in [-0.25, -0.2) is 9.37 Å². The summed E-state index contributed by atoms with van der Waals surface area (Å²) in [5.41, 5.74) is 1.27. The topological polar surface area (TPSA) is 55.2 Å². The number of aromatic nitrogens is 2. The van der Waals surface area contributed by atoms with Crippen LogP contribution in [0.2, 0.25) is 0 Å². The quantitative estimate of drug-likeness (QED) is 0.477. The maximum atomic E-state index is 13.4. The first-order chi connectivity index (χ1) is 13.5. The molecule has 1 amide bonds. The van der Waals surface area contributed by atoms with Crippen molar-refractivity contribution in [3.63, 3.8) is 0 Å². The van der Waals surface area contributed by atoms with E-state index < -0.39 is 0 Å². The van der Waals surface area contributed by atoms with E-state index in [2.05, 4.69) is 0 Å². The molecule has 0 saturated carbocycles. The van der Waals surface area contributed by atoms with Crippen LogP contribution in [0.5, 0.6) is 0 Å². The van der Waals surface area contributed by atoms with Gasteiger partial charge in [0.2, 0.25) is 5.91 Å². The molecule has 0 N–H and O–H groups in total. The van der Waals surface area contributed by atoms with E-state index in [0.717, 1.165) is 36.4 Å². The van der Waals surface area contributed by atoms with Gasteiger partial charge >= 0.3 is 0 Å². The van der Waals surface area contributed by atoms with E-state index >= 15 is 0 Å². The first-order valence-electron chi connectivity index (χ1n) is 9.15. The van der Waals surface area contributed by atoms with Crippen molar-refractivity contribution in [3.05, 3.63) is 50.9 Å². The van der Waals surface area contributed by atoms with Gasteiger partial charge in [-0.1, -0.05) is 11.8 Å². The standard InChI is InChI=1S/C20H20FN3O2S2/c1-12-13(2)28-18-17(12)19(26)24(15-7-5-14(21)6-8-15)20(22-18)27-11-16(25)23-9-3-4-10-23/h5-8H,3-4,9-11H2,1-2H3. The number of nitrogens with zero attached hydrogens (tertiary/aromatic N) is 3. The molecule has 1 saturated heterocycles. The van der Waals surface area contributed by atoms with Gasteiger partial charge in [0.25, 0.3) is 5.56 Å². The normalized spacial score (nSPS) is 14.2. The van der Waals surface area contributed by atoms with Crippen molar-refractivity contribution in [2.45, 2.75) is 31.8 Å². The van der Waals surface area contributed by atoms with Crippen LogP contribution in [0.4, 0.5) is 4.39 Å². The van der Waals surface area contributed by atoms with E-state index in [1.807, 2.05) is 18.7 Å². The van der Waals surface area contributed by atoms with Crippen molar-refractivity contribution < 1.29 is 9.18 Å². The molecule has 146 valence electrons. The van der Waals surface area contributed by atoms with E-state index in [4.69, 9.17) is 4.98 Å². The molecule has 0 bridgehead atoms. The number of carbonyl (C=O) groups excluding carboxylic acids is 1. The molecule has 1 aliphatic rings. The smallest absolute Gasteiger partial charge is 0.267 e. The van der Waals surface area contributed by atoms with Gasteiger partial charge in [-0.3, -0.25) is 14.2 Å². The summed E-state index contributed by atoms with van der Waals surface area (Å²) in [5.74, 6) is -0.0875. The Hall–Kier alpha value is -2.19. The molecule has 1 aromatic carbocycles. The molecule has 0 spiro atoms. The van der Waals surface area contributed by atoms with Crippen LogP contribution in [0, 0.1) is 19.7 Å². The molecule has 28 heavy (non-hydrogen) atoms. The fourth-order valence-electron chi connectivity index (χ4n) is 3.37. The van der Waals surface area contributed by atoms with E-state index in [1.54, 1.807) is 12.1 Å². The van der Waals surface area contributed by atoms with Gasteiger partial charge in [-0.2, -0.15) is 0 Å². The number of thioether (sulfide) groups is 1. The Morgan fingerprint density at radius 1 is 1.21 bits per heavy atom. The van der Waals surface area contributed by atoms with Gasteiger partial charge in [-0.05, 0) is 56.5 Å². The summed E-state index contributed by atoms with van der Waals surface area (Å²) in [6.07, 6.45) is 2.07. The summed E-state index contributed by atoms with van der Waals surface area (Å²) >= 11 is 2.74. The fraction of sp³-hybridized carbons (Fsp3) is 0.350. The highest BCUT2D eigenvalue weighted by Crippen LogP contribution is 2.29. The van der Waals surface area contributed by atoms with E-state index in [-0.39, 0.29) is 23.0 Å². The van der Waals surface area contributed by atoms with Gasteiger partial charge < -0.3 is 4.90 Å². The molecule has 0 atom stereocenters. The lowest BCUT2D eigenvalue weighted by Crippen LogP contribution is -2.29. The largest absolute Gasteiger partial charge is 0.342 e. The van der Waals surface area contributed by atoms with Gasteiger partial charge in [-0.15, -0.1) is 11.3 Å². The van der Waals surface area contributed by atoms with Crippen molar-refractivity contribution in [3.8, 4) is 5.69 Å². The van der Waals surface area contributed by atoms with Crippen molar-refractivity contribution >= 4 is 39.2 Å². The van der Waals surface area contributed by atoms with E-state index in [9.17, 15) is 14.0 Å². The van der Waals surface area contributed by atoms with Crippen molar-refractivity contribution in [1.29, 1.82) is 0 Å². The van der Waals surface area contributed by atoms with E-state index in [1.165, 1.54) is 39.8 Å². The molecule has 0 unspecified atom stereocenters. The minimum Gasteiger partial charge on any atom is -0.342 e. The number of amides is 1. The zero-order valence-electron chi connectivity index (χ0n) is 15.7. The van der Waals surface area contributed by atoms with Crippen LogP contribution in [0.15, 0.2) is 34.2 Å². The number of aryl methyl sites for hydroxylation is 2. The minimum absolute atomic E-state index is 0.0565. The number of benzene rings is 1. The molecule has 2 aromatic heterocycles. The molecule has 3 heterocycles. The van der Waals surface area contributed by atoms with Crippen LogP contribution in [0.1, 0.15) is 23.3 Å². The highest BCUT2D eigenvalue weighted by atomic mass is 32.2. The summed E-state index contributed by atoms with van der Waals surface area (Å²) in [6, 6.07) is 5.76. The number of rotatable bonds is 4. The average molecular weight is 418 g/mol. The number of hydrogen-bond donors (Lipinski definition) is 0. The van der Waals surface area contributed by atoms with Crippen LogP contribution in [0.3, 0.4) is 0 Å². The number of likely N-dealkylation sites (tertiary alicyclic amines) is 1. The van der Waals surface area contributed by atoms with Crippen LogP contribution >= 0.6 is 23.1 Å². The number of hydrogen-bond acceptors (Lipinski definition) is 5. The summed E-state index contributed by atoms with van der Waals surface area (Å²) in [5, 5.41) is 1.04.